The maximum atomic E-state index is 11.8. The molecule has 2 fully saturated rings. The van der Waals surface area contributed by atoms with Gasteiger partial charge in [0.2, 0.25) is 0 Å². The zero-order chi connectivity index (χ0) is 13.9. The van der Waals surface area contributed by atoms with Gasteiger partial charge in [-0.3, -0.25) is 9.69 Å². The van der Waals surface area contributed by atoms with Gasteiger partial charge in [-0.1, -0.05) is 0 Å². The second kappa shape index (κ2) is 5.93. The van der Waals surface area contributed by atoms with Crippen molar-refractivity contribution in [1.29, 1.82) is 0 Å². The van der Waals surface area contributed by atoms with Gasteiger partial charge in [-0.15, -0.1) is 0 Å². The Bertz CT molecular complexity index is 512. The van der Waals surface area contributed by atoms with E-state index in [4.69, 9.17) is 5.11 Å². The van der Waals surface area contributed by atoms with Gasteiger partial charge < -0.3 is 15.0 Å². The number of hydrogen-bond acceptors (Lipinski definition) is 5. The first-order valence-corrected chi connectivity index (χ1v) is 7.45. The Morgan fingerprint density at radius 1 is 1.30 bits per heavy atom. The Morgan fingerprint density at radius 3 is 2.90 bits per heavy atom. The number of aliphatic hydroxyl groups is 1. The Balaban J connectivity index is 1.73. The third kappa shape index (κ3) is 3.19. The standard InChI is InChI=1S/C14H22N4O2/c19-9-8-17-4-1-5-18(7-6-17)12-10-13(20)16-14(15-12)11-2-3-11/h10-11,19H,1-9H2,(H,15,16,20). The minimum atomic E-state index is -0.0478. The van der Waals surface area contributed by atoms with E-state index in [0.29, 0.717) is 5.92 Å². The minimum absolute atomic E-state index is 0.0478. The molecule has 3 rings (SSSR count). The van der Waals surface area contributed by atoms with Gasteiger partial charge in [0.05, 0.1) is 6.61 Å². The highest BCUT2D eigenvalue weighted by Crippen LogP contribution is 2.37. The first kappa shape index (κ1) is 13.6. The minimum Gasteiger partial charge on any atom is -0.395 e. The van der Waals surface area contributed by atoms with Crippen LogP contribution in [0.15, 0.2) is 10.9 Å². The number of nitrogens with zero attached hydrogens (tertiary/aromatic N) is 3. The zero-order valence-electron chi connectivity index (χ0n) is 11.7. The summed E-state index contributed by atoms with van der Waals surface area (Å²) < 4.78 is 0. The lowest BCUT2D eigenvalue weighted by Gasteiger charge is -2.22. The molecule has 0 aromatic carbocycles. The Kier molecular flexibility index (Phi) is 4.03. The highest BCUT2D eigenvalue weighted by Gasteiger charge is 2.27. The number of aromatic amines is 1. The summed E-state index contributed by atoms with van der Waals surface area (Å²) in [7, 11) is 0. The first-order chi connectivity index (χ1) is 9.76. The number of rotatable bonds is 4. The molecule has 2 N–H and O–H groups in total. The lowest BCUT2D eigenvalue weighted by Crippen LogP contribution is -2.33. The number of aliphatic hydroxyl groups excluding tert-OH is 1. The van der Waals surface area contributed by atoms with Crippen molar-refractivity contribution in [1.82, 2.24) is 14.9 Å². The third-order valence-corrected chi connectivity index (χ3v) is 4.04. The Labute approximate surface area is 118 Å². The molecule has 0 spiro atoms. The van der Waals surface area contributed by atoms with Crippen LogP contribution in [0.4, 0.5) is 5.82 Å². The van der Waals surface area contributed by atoms with Crippen LogP contribution in [-0.4, -0.2) is 59.3 Å². The van der Waals surface area contributed by atoms with Crippen molar-refractivity contribution >= 4 is 5.82 Å². The molecule has 6 nitrogen and oxygen atoms in total. The largest absolute Gasteiger partial charge is 0.395 e. The van der Waals surface area contributed by atoms with Gasteiger partial charge in [-0.2, -0.15) is 0 Å². The second-order valence-corrected chi connectivity index (χ2v) is 5.67. The van der Waals surface area contributed by atoms with E-state index in [2.05, 4.69) is 19.8 Å². The molecule has 1 aliphatic carbocycles. The van der Waals surface area contributed by atoms with Crippen molar-refractivity contribution in [2.75, 3.05) is 44.2 Å². The molecule has 1 saturated carbocycles. The lowest BCUT2D eigenvalue weighted by molar-refractivity contribution is 0.204. The molecule has 0 atom stereocenters. The zero-order valence-corrected chi connectivity index (χ0v) is 11.7. The molecule has 6 heteroatoms. The van der Waals surface area contributed by atoms with Gasteiger partial charge in [-0.05, 0) is 25.8 Å². The molecule has 0 unspecified atom stereocenters. The summed E-state index contributed by atoms with van der Waals surface area (Å²) in [6.45, 7) is 4.62. The predicted octanol–water partition coefficient (Wildman–Crippen LogP) is 0.152. The average molecular weight is 278 g/mol. The summed E-state index contributed by atoms with van der Waals surface area (Å²) in [5, 5.41) is 9.02. The summed E-state index contributed by atoms with van der Waals surface area (Å²) in [5.41, 5.74) is -0.0478. The maximum Gasteiger partial charge on any atom is 0.252 e. The number of nitrogens with one attached hydrogen (secondary N) is 1. The van der Waals surface area contributed by atoms with Crippen LogP contribution in [0, 0.1) is 0 Å². The second-order valence-electron chi connectivity index (χ2n) is 5.67. The van der Waals surface area contributed by atoms with Crippen molar-refractivity contribution in [3.05, 3.63) is 22.2 Å². The lowest BCUT2D eigenvalue weighted by atomic mass is 10.3. The summed E-state index contributed by atoms with van der Waals surface area (Å²) in [4.78, 5) is 23.7. The van der Waals surface area contributed by atoms with E-state index in [1.165, 1.54) is 0 Å². The van der Waals surface area contributed by atoms with Crippen LogP contribution in [0.25, 0.3) is 0 Å². The SMILES string of the molecule is O=c1cc(N2CCCN(CCO)CC2)nc(C2CC2)[nH]1. The van der Waals surface area contributed by atoms with Gasteiger partial charge in [0, 0.05) is 38.2 Å². The summed E-state index contributed by atoms with van der Waals surface area (Å²) in [5.74, 6) is 2.12. The monoisotopic (exact) mass is 278 g/mol. The summed E-state index contributed by atoms with van der Waals surface area (Å²) in [6.07, 6.45) is 3.31. The Morgan fingerprint density at radius 2 is 2.15 bits per heavy atom. The van der Waals surface area contributed by atoms with E-state index in [0.717, 1.165) is 63.6 Å². The average Bonchev–Trinajstić information content (AvgIpc) is 3.26. The van der Waals surface area contributed by atoms with Crippen molar-refractivity contribution in [2.45, 2.75) is 25.2 Å². The Hall–Kier alpha value is -1.40. The summed E-state index contributed by atoms with van der Waals surface area (Å²) >= 11 is 0. The topological polar surface area (TPSA) is 72.5 Å². The van der Waals surface area contributed by atoms with Gasteiger partial charge >= 0.3 is 0 Å². The molecule has 1 saturated heterocycles. The fourth-order valence-corrected chi connectivity index (χ4v) is 2.74. The molecule has 0 radical (unpaired) electrons. The quantitative estimate of drug-likeness (QED) is 0.820. The fraction of sp³-hybridized carbons (Fsp3) is 0.714. The van der Waals surface area contributed by atoms with E-state index >= 15 is 0 Å². The third-order valence-electron chi connectivity index (χ3n) is 4.04. The van der Waals surface area contributed by atoms with Crippen molar-refractivity contribution < 1.29 is 5.11 Å². The summed E-state index contributed by atoms with van der Waals surface area (Å²) in [6, 6.07) is 1.60. The van der Waals surface area contributed by atoms with Crippen LogP contribution >= 0.6 is 0 Å². The van der Waals surface area contributed by atoms with Crippen LogP contribution in [0.2, 0.25) is 0 Å². The van der Waals surface area contributed by atoms with Gasteiger partial charge in [0.25, 0.3) is 5.56 Å². The highest BCUT2D eigenvalue weighted by atomic mass is 16.3. The van der Waals surface area contributed by atoms with Gasteiger partial charge in [0.15, 0.2) is 0 Å². The smallest absolute Gasteiger partial charge is 0.252 e. The number of β-amino-alcohol motifs (C(OH)–C–C–N with tert-alkyl or cyclic N) is 1. The molecule has 0 bridgehead atoms. The van der Waals surface area contributed by atoms with Crippen molar-refractivity contribution in [2.24, 2.45) is 0 Å². The number of hydrogen-bond donors (Lipinski definition) is 2. The van der Waals surface area contributed by atoms with E-state index in [1.54, 1.807) is 6.07 Å². The van der Waals surface area contributed by atoms with Gasteiger partial charge in [-0.25, -0.2) is 4.98 Å². The molecule has 1 aromatic rings. The first-order valence-electron chi connectivity index (χ1n) is 7.45. The maximum absolute atomic E-state index is 11.8. The molecule has 2 heterocycles. The van der Waals surface area contributed by atoms with E-state index in [9.17, 15) is 4.79 Å². The molecular formula is C14H22N4O2. The molecule has 1 aromatic heterocycles. The van der Waals surface area contributed by atoms with Crippen LogP contribution in [0.1, 0.15) is 31.0 Å². The van der Waals surface area contributed by atoms with E-state index < -0.39 is 0 Å². The molecule has 110 valence electrons. The van der Waals surface area contributed by atoms with Crippen molar-refractivity contribution in [3.63, 3.8) is 0 Å². The fourth-order valence-electron chi connectivity index (χ4n) is 2.74. The van der Waals surface area contributed by atoms with Crippen LogP contribution < -0.4 is 10.5 Å². The van der Waals surface area contributed by atoms with E-state index in [1.807, 2.05) is 0 Å². The molecular weight excluding hydrogens is 256 g/mol. The normalized spacial score (nSPS) is 20.9. The van der Waals surface area contributed by atoms with Crippen LogP contribution in [0.3, 0.4) is 0 Å². The molecule has 1 aliphatic heterocycles. The van der Waals surface area contributed by atoms with Crippen LogP contribution in [0.5, 0.6) is 0 Å². The molecule has 0 amide bonds. The number of H-pyrrole nitrogens is 1. The highest BCUT2D eigenvalue weighted by molar-refractivity contribution is 5.38. The predicted molar refractivity (Wildman–Crippen MR) is 77.2 cm³/mol. The molecule has 20 heavy (non-hydrogen) atoms. The number of aromatic nitrogens is 2. The van der Waals surface area contributed by atoms with Crippen LogP contribution in [-0.2, 0) is 0 Å². The van der Waals surface area contributed by atoms with Crippen molar-refractivity contribution in [3.8, 4) is 0 Å². The number of anilines is 1. The van der Waals surface area contributed by atoms with E-state index in [-0.39, 0.29) is 12.2 Å². The van der Waals surface area contributed by atoms with Gasteiger partial charge in [0.1, 0.15) is 11.6 Å². The molecule has 2 aliphatic rings.